The predicted molar refractivity (Wildman–Crippen MR) is 82.1 cm³/mol. The van der Waals surface area contributed by atoms with Crippen molar-refractivity contribution in [1.82, 2.24) is 0 Å². The number of nitrogens with zero attached hydrogens (tertiary/aromatic N) is 1. The van der Waals surface area contributed by atoms with E-state index in [1.54, 1.807) is 37.3 Å². The molecule has 2 bridgehead atoms. The Balaban J connectivity index is 1.82. The van der Waals surface area contributed by atoms with Crippen LogP contribution in [0.4, 0.5) is 5.69 Å². The molecular formula is C16H14BrNO4. The first-order valence-electron chi connectivity index (χ1n) is 7.07. The van der Waals surface area contributed by atoms with Crippen molar-refractivity contribution in [2.45, 2.75) is 18.1 Å². The molecule has 6 heteroatoms. The average molecular weight is 364 g/mol. The van der Waals surface area contributed by atoms with Crippen LogP contribution in [0.15, 0.2) is 40.9 Å². The van der Waals surface area contributed by atoms with Gasteiger partial charge in [-0.25, -0.2) is 4.90 Å². The highest BCUT2D eigenvalue weighted by Gasteiger charge is 2.72. The van der Waals surface area contributed by atoms with Gasteiger partial charge in [-0.3, -0.25) is 9.59 Å². The number of aliphatic hydroxyl groups excluding tert-OH is 1. The third-order valence-electron chi connectivity index (χ3n) is 4.87. The second-order valence-electron chi connectivity index (χ2n) is 6.18. The number of ether oxygens (including phenoxy) is 1. The zero-order chi connectivity index (χ0) is 15.7. The summed E-state index contributed by atoms with van der Waals surface area (Å²) in [7, 11) is 0. The van der Waals surface area contributed by atoms with Crippen LogP contribution in [0.2, 0.25) is 0 Å². The molecule has 2 fully saturated rings. The molecule has 0 saturated carbocycles. The highest BCUT2D eigenvalue weighted by atomic mass is 79.9. The molecular weight excluding hydrogens is 350 g/mol. The molecule has 2 saturated heterocycles. The highest BCUT2D eigenvalue weighted by Crippen LogP contribution is 2.57. The van der Waals surface area contributed by atoms with Crippen LogP contribution in [-0.2, 0) is 14.3 Å². The quantitative estimate of drug-likeness (QED) is 0.640. The summed E-state index contributed by atoms with van der Waals surface area (Å²) in [5, 5.41) is 9.74. The Morgan fingerprint density at radius 2 is 2.00 bits per heavy atom. The Morgan fingerprint density at radius 3 is 2.68 bits per heavy atom. The number of benzene rings is 1. The molecule has 1 aromatic carbocycles. The van der Waals surface area contributed by atoms with E-state index in [9.17, 15) is 14.7 Å². The van der Waals surface area contributed by atoms with Gasteiger partial charge in [-0.2, -0.15) is 0 Å². The van der Waals surface area contributed by atoms with Gasteiger partial charge in [0, 0.05) is 4.47 Å². The Labute approximate surface area is 135 Å². The first kappa shape index (κ1) is 14.1. The minimum absolute atomic E-state index is 0.268. The van der Waals surface area contributed by atoms with Crippen LogP contribution in [0.1, 0.15) is 6.92 Å². The monoisotopic (exact) mass is 363 g/mol. The normalized spacial score (nSPS) is 39.0. The molecule has 3 aliphatic heterocycles. The average Bonchev–Trinajstić information content (AvgIpc) is 3.05. The number of aliphatic hydroxyl groups is 1. The molecule has 1 aromatic rings. The van der Waals surface area contributed by atoms with Crippen molar-refractivity contribution in [3.05, 3.63) is 40.9 Å². The maximum absolute atomic E-state index is 12.9. The highest BCUT2D eigenvalue weighted by molar-refractivity contribution is 9.10. The van der Waals surface area contributed by atoms with Gasteiger partial charge in [-0.15, -0.1) is 0 Å². The smallest absolute Gasteiger partial charge is 0.241 e. The topological polar surface area (TPSA) is 66.8 Å². The van der Waals surface area contributed by atoms with Gasteiger partial charge >= 0.3 is 0 Å². The van der Waals surface area contributed by atoms with Crippen molar-refractivity contribution in [1.29, 1.82) is 0 Å². The molecule has 0 spiro atoms. The van der Waals surface area contributed by atoms with Crippen LogP contribution < -0.4 is 4.90 Å². The zero-order valence-corrected chi connectivity index (χ0v) is 13.4. The summed E-state index contributed by atoms with van der Waals surface area (Å²) in [6.07, 6.45) is 3.52. The van der Waals surface area contributed by atoms with E-state index in [4.69, 9.17) is 4.74 Å². The molecule has 114 valence electrons. The van der Waals surface area contributed by atoms with Crippen molar-refractivity contribution < 1.29 is 19.4 Å². The minimum atomic E-state index is -1.08. The second-order valence-corrected chi connectivity index (χ2v) is 7.10. The lowest BCUT2D eigenvalue weighted by Gasteiger charge is -2.27. The van der Waals surface area contributed by atoms with E-state index in [0.29, 0.717) is 5.69 Å². The number of imide groups is 1. The first-order chi connectivity index (χ1) is 10.4. The van der Waals surface area contributed by atoms with E-state index in [1.165, 1.54) is 4.90 Å². The zero-order valence-electron chi connectivity index (χ0n) is 11.8. The van der Waals surface area contributed by atoms with Crippen LogP contribution in [-0.4, -0.2) is 34.7 Å². The number of hydrogen-bond acceptors (Lipinski definition) is 4. The van der Waals surface area contributed by atoms with Gasteiger partial charge in [0.1, 0.15) is 5.60 Å². The summed E-state index contributed by atoms with van der Waals surface area (Å²) in [5.41, 5.74) is -1.37. The molecule has 0 unspecified atom stereocenters. The Morgan fingerprint density at radius 1 is 1.27 bits per heavy atom. The van der Waals surface area contributed by atoms with Gasteiger partial charge in [-0.05, 0) is 25.1 Å². The number of carbonyl (C=O) groups excluding carboxylic acids is 2. The van der Waals surface area contributed by atoms with Crippen molar-refractivity contribution in [2.24, 2.45) is 11.8 Å². The standard InChI is InChI=1S/C16H14BrNO4/c1-15-5-6-16(8-19,22-15)12-11(15)13(20)18(14(12)21)10-4-2-3-9(17)7-10/h2-7,11-12,19H,8H2,1H3/t11-,12-,15-,16-/m1/s1. The molecule has 22 heavy (non-hydrogen) atoms. The van der Waals surface area contributed by atoms with Gasteiger partial charge < -0.3 is 9.84 Å². The Bertz CT molecular complexity index is 733. The van der Waals surface area contributed by atoms with Crippen LogP contribution >= 0.6 is 15.9 Å². The number of fused-ring (bicyclic) bond motifs is 5. The van der Waals surface area contributed by atoms with Gasteiger partial charge in [0.2, 0.25) is 11.8 Å². The number of anilines is 1. The summed E-state index contributed by atoms with van der Waals surface area (Å²) in [6.45, 7) is 1.48. The fourth-order valence-electron chi connectivity index (χ4n) is 3.91. The van der Waals surface area contributed by atoms with Crippen molar-refractivity contribution >= 4 is 33.4 Å². The molecule has 4 atom stereocenters. The molecule has 5 nitrogen and oxygen atoms in total. The number of hydrogen-bond donors (Lipinski definition) is 1. The molecule has 2 amide bonds. The molecule has 4 rings (SSSR count). The van der Waals surface area contributed by atoms with Crippen LogP contribution in [0.3, 0.4) is 0 Å². The Kier molecular flexibility index (Phi) is 2.74. The molecule has 0 radical (unpaired) electrons. The van der Waals surface area contributed by atoms with Crippen molar-refractivity contribution in [3.8, 4) is 0 Å². The lowest BCUT2D eigenvalue weighted by molar-refractivity contribution is -0.131. The minimum Gasteiger partial charge on any atom is -0.393 e. The number of rotatable bonds is 2. The van der Waals surface area contributed by atoms with Crippen LogP contribution in [0.25, 0.3) is 0 Å². The fourth-order valence-corrected chi connectivity index (χ4v) is 4.30. The maximum Gasteiger partial charge on any atom is 0.241 e. The van der Waals surface area contributed by atoms with E-state index in [0.717, 1.165) is 4.47 Å². The second kappa shape index (κ2) is 4.28. The van der Waals surface area contributed by atoms with Gasteiger partial charge in [0.05, 0.1) is 29.7 Å². The van der Waals surface area contributed by atoms with E-state index in [1.807, 2.05) is 6.07 Å². The van der Waals surface area contributed by atoms with E-state index in [2.05, 4.69) is 15.9 Å². The fraction of sp³-hybridized carbons (Fsp3) is 0.375. The van der Waals surface area contributed by atoms with Gasteiger partial charge in [-0.1, -0.05) is 34.1 Å². The van der Waals surface area contributed by atoms with Gasteiger partial charge in [0.15, 0.2) is 0 Å². The van der Waals surface area contributed by atoms with Gasteiger partial charge in [0.25, 0.3) is 0 Å². The van der Waals surface area contributed by atoms with Crippen molar-refractivity contribution in [2.75, 3.05) is 11.5 Å². The van der Waals surface area contributed by atoms with E-state index in [-0.39, 0.29) is 18.4 Å². The molecule has 1 N–H and O–H groups in total. The molecule has 3 heterocycles. The first-order valence-corrected chi connectivity index (χ1v) is 7.86. The van der Waals surface area contributed by atoms with E-state index < -0.39 is 23.0 Å². The van der Waals surface area contributed by atoms with Crippen LogP contribution in [0, 0.1) is 11.8 Å². The predicted octanol–water partition coefficient (Wildman–Crippen LogP) is 1.64. The summed E-state index contributed by atoms with van der Waals surface area (Å²) >= 11 is 3.35. The maximum atomic E-state index is 12.9. The summed E-state index contributed by atoms with van der Waals surface area (Å²) in [6, 6.07) is 7.08. The third kappa shape index (κ3) is 1.55. The van der Waals surface area contributed by atoms with Crippen LogP contribution in [0.5, 0.6) is 0 Å². The Hall–Kier alpha value is -1.50. The van der Waals surface area contributed by atoms with Crippen molar-refractivity contribution in [3.63, 3.8) is 0 Å². The number of carbonyl (C=O) groups is 2. The third-order valence-corrected chi connectivity index (χ3v) is 5.36. The number of amides is 2. The van der Waals surface area contributed by atoms with E-state index >= 15 is 0 Å². The largest absolute Gasteiger partial charge is 0.393 e. The summed E-state index contributed by atoms with van der Waals surface area (Å²) < 4.78 is 6.67. The SMILES string of the molecule is C[C@]12C=C[C@](CO)(O1)[C@H]1C(=O)N(c3cccc(Br)c3)C(=O)[C@@H]12. The molecule has 0 aliphatic carbocycles. The summed E-state index contributed by atoms with van der Waals surface area (Å²) in [4.78, 5) is 26.9. The number of halogens is 1. The molecule has 3 aliphatic rings. The summed E-state index contributed by atoms with van der Waals surface area (Å²) in [5.74, 6) is -1.83. The molecule has 0 aromatic heterocycles. The lowest BCUT2D eigenvalue weighted by atomic mass is 9.73. The lowest BCUT2D eigenvalue weighted by Crippen LogP contribution is -2.43.